The van der Waals surface area contributed by atoms with Crippen LogP contribution in [-0.4, -0.2) is 16.1 Å². The molecule has 1 amide bonds. The van der Waals surface area contributed by atoms with Crippen LogP contribution in [0.3, 0.4) is 0 Å². The van der Waals surface area contributed by atoms with E-state index in [1.807, 2.05) is 49.4 Å². The number of hydrogen-bond acceptors (Lipinski definition) is 2. The van der Waals surface area contributed by atoms with Crippen molar-refractivity contribution < 1.29 is 4.79 Å². The predicted octanol–water partition coefficient (Wildman–Crippen LogP) is 2.80. The zero-order valence-corrected chi connectivity index (χ0v) is 11.2. The minimum atomic E-state index is -0.0814. The minimum Gasteiger partial charge on any atom is -0.348 e. The summed E-state index contributed by atoms with van der Waals surface area (Å²) in [6, 6.07) is 13.6. The lowest BCUT2D eigenvalue weighted by Gasteiger charge is -2.06. The van der Waals surface area contributed by atoms with E-state index in [-0.39, 0.29) is 5.91 Å². The smallest absolute Gasteiger partial charge is 0.251 e. The normalized spacial score (nSPS) is 10.7. The van der Waals surface area contributed by atoms with E-state index in [4.69, 9.17) is 0 Å². The Morgan fingerprint density at radius 1 is 1.20 bits per heavy atom. The summed E-state index contributed by atoms with van der Waals surface area (Å²) in [4.78, 5) is 12.1. The average Bonchev–Trinajstić information content (AvgIpc) is 2.93. The second-order valence-electron chi connectivity index (χ2n) is 4.84. The zero-order valence-electron chi connectivity index (χ0n) is 11.2. The standard InChI is InChI=1S/C16H15N3O/c1-11-2-4-12(5-3-11)9-17-16(20)13-6-7-14-10-18-19-15(14)8-13/h2-8,10H,9H2,1H3,(H,17,20)(H,18,19). The Bertz CT molecular complexity index is 744. The van der Waals surface area contributed by atoms with Crippen molar-refractivity contribution in [1.82, 2.24) is 15.5 Å². The fourth-order valence-corrected chi connectivity index (χ4v) is 2.07. The number of nitrogens with zero attached hydrogens (tertiary/aromatic N) is 1. The van der Waals surface area contributed by atoms with Gasteiger partial charge in [0.2, 0.25) is 0 Å². The van der Waals surface area contributed by atoms with Gasteiger partial charge in [-0.25, -0.2) is 0 Å². The molecule has 0 aliphatic heterocycles. The Morgan fingerprint density at radius 3 is 2.80 bits per heavy atom. The molecular weight excluding hydrogens is 250 g/mol. The molecule has 0 fully saturated rings. The molecule has 4 nitrogen and oxygen atoms in total. The second-order valence-corrected chi connectivity index (χ2v) is 4.84. The van der Waals surface area contributed by atoms with Gasteiger partial charge in [0, 0.05) is 17.5 Å². The summed E-state index contributed by atoms with van der Waals surface area (Å²) in [5.74, 6) is -0.0814. The number of nitrogens with one attached hydrogen (secondary N) is 2. The molecule has 3 rings (SSSR count). The summed E-state index contributed by atoms with van der Waals surface area (Å²) < 4.78 is 0. The summed E-state index contributed by atoms with van der Waals surface area (Å²) in [6.07, 6.45) is 1.74. The number of carbonyl (C=O) groups excluding carboxylic acids is 1. The number of hydrogen-bond donors (Lipinski definition) is 2. The summed E-state index contributed by atoms with van der Waals surface area (Å²) in [6.45, 7) is 2.57. The van der Waals surface area contributed by atoms with Crippen molar-refractivity contribution in [2.75, 3.05) is 0 Å². The summed E-state index contributed by atoms with van der Waals surface area (Å²) >= 11 is 0. The topological polar surface area (TPSA) is 57.8 Å². The van der Waals surface area contributed by atoms with Crippen molar-refractivity contribution >= 4 is 16.8 Å². The molecule has 0 saturated carbocycles. The highest BCUT2D eigenvalue weighted by Gasteiger charge is 2.06. The number of aromatic amines is 1. The van der Waals surface area contributed by atoms with Gasteiger partial charge in [0.05, 0.1) is 11.7 Å². The molecule has 1 aromatic heterocycles. The van der Waals surface area contributed by atoms with Crippen LogP contribution < -0.4 is 5.32 Å². The highest BCUT2D eigenvalue weighted by atomic mass is 16.1. The SMILES string of the molecule is Cc1ccc(CNC(=O)c2ccc3cn[nH]c3c2)cc1. The van der Waals surface area contributed by atoms with E-state index >= 15 is 0 Å². The maximum absolute atomic E-state index is 12.1. The first-order chi connectivity index (χ1) is 9.72. The first kappa shape index (κ1) is 12.4. The molecule has 100 valence electrons. The average molecular weight is 265 g/mol. The Labute approximate surface area is 116 Å². The molecule has 0 unspecified atom stereocenters. The van der Waals surface area contributed by atoms with E-state index in [1.54, 1.807) is 6.20 Å². The fraction of sp³-hybridized carbons (Fsp3) is 0.125. The monoisotopic (exact) mass is 265 g/mol. The first-order valence-corrected chi connectivity index (χ1v) is 6.49. The van der Waals surface area contributed by atoms with Crippen LogP contribution in [0.25, 0.3) is 10.9 Å². The van der Waals surface area contributed by atoms with Crippen molar-refractivity contribution in [3.8, 4) is 0 Å². The lowest BCUT2D eigenvalue weighted by molar-refractivity contribution is 0.0951. The molecule has 0 atom stereocenters. The molecule has 20 heavy (non-hydrogen) atoms. The highest BCUT2D eigenvalue weighted by Crippen LogP contribution is 2.12. The molecule has 4 heteroatoms. The van der Waals surface area contributed by atoms with E-state index in [1.165, 1.54) is 5.56 Å². The largest absolute Gasteiger partial charge is 0.348 e. The number of benzene rings is 2. The molecule has 0 radical (unpaired) electrons. The van der Waals surface area contributed by atoms with Gasteiger partial charge in [-0.3, -0.25) is 9.89 Å². The lowest BCUT2D eigenvalue weighted by atomic mass is 10.1. The summed E-state index contributed by atoms with van der Waals surface area (Å²) in [5.41, 5.74) is 3.80. The predicted molar refractivity (Wildman–Crippen MR) is 78.4 cm³/mol. The number of carbonyl (C=O) groups is 1. The Hall–Kier alpha value is -2.62. The molecule has 0 aliphatic rings. The van der Waals surface area contributed by atoms with Gasteiger partial charge in [0.15, 0.2) is 0 Å². The van der Waals surface area contributed by atoms with E-state index in [2.05, 4.69) is 15.5 Å². The molecule has 3 aromatic rings. The number of aromatic nitrogens is 2. The molecule has 0 aliphatic carbocycles. The van der Waals surface area contributed by atoms with Gasteiger partial charge in [0.25, 0.3) is 5.91 Å². The number of amides is 1. The van der Waals surface area contributed by atoms with Crippen molar-refractivity contribution in [1.29, 1.82) is 0 Å². The van der Waals surface area contributed by atoms with Crippen LogP contribution >= 0.6 is 0 Å². The number of H-pyrrole nitrogens is 1. The van der Waals surface area contributed by atoms with Crippen LogP contribution in [0.15, 0.2) is 48.7 Å². The van der Waals surface area contributed by atoms with Crippen LogP contribution in [0.1, 0.15) is 21.5 Å². The second kappa shape index (κ2) is 5.17. The van der Waals surface area contributed by atoms with Crippen molar-refractivity contribution in [3.63, 3.8) is 0 Å². The van der Waals surface area contributed by atoms with Crippen LogP contribution in [0, 0.1) is 6.92 Å². The zero-order chi connectivity index (χ0) is 13.9. The first-order valence-electron chi connectivity index (χ1n) is 6.49. The van der Waals surface area contributed by atoms with Gasteiger partial charge >= 0.3 is 0 Å². The van der Waals surface area contributed by atoms with Crippen LogP contribution in [0.4, 0.5) is 0 Å². The lowest BCUT2D eigenvalue weighted by Crippen LogP contribution is -2.22. The van der Waals surface area contributed by atoms with E-state index < -0.39 is 0 Å². The molecule has 0 spiro atoms. The summed E-state index contributed by atoms with van der Waals surface area (Å²) in [5, 5.41) is 10.7. The minimum absolute atomic E-state index is 0.0814. The van der Waals surface area contributed by atoms with E-state index in [0.717, 1.165) is 16.5 Å². The summed E-state index contributed by atoms with van der Waals surface area (Å²) in [7, 11) is 0. The van der Waals surface area contributed by atoms with Crippen molar-refractivity contribution in [2.45, 2.75) is 13.5 Å². The number of rotatable bonds is 3. The molecular formula is C16H15N3O. The van der Waals surface area contributed by atoms with Gasteiger partial charge in [-0.05, 0) is 24.6 Å². The quantitative estimate of drug-likeness (QED) is 0.765. The maximum atomic E-state index is 12.1. The fourth-order valence-electron chi connectivity index (χ4n) is 2.07. The maximum Gasteiger partial charge on any atom is 0.251 e. The molecule has 1 heterocycles. The molecule has 2 N–H and O–H groups in total. The van der Waals surface area contributed by atoms with E-state index in [0.29, 0.717) is 12.1 Å². The molecule has 2 aromatic carbocycles. The van der Waals surface area contributed by atoms with Gasteiger partial charge < -0.3 is 5.32 Å². The third-order valence-electron chi connectivity index (χ3n) is 3.28. The molecule has 0 bridgehead atoms. The van der Waals surface area contributed by atoms with Crippen molar-refractivity contribution in [2.24, 2.45) is 0 Å². The number of aryl methyl sites for hydroxylation is 1. The molecule has 0 saturated heterocycles. The number of fused-ring (bicyclic) bond motifs is 1. The highest BCUT2D eigenvalue weighted by molar-refractivity contribution is 5.97. The third kappa shape index (κ3) is 2.54. The van der Waals surface area contributed by atoms with Crippen molar-refractivity contribution in [3.05, 3.63) is 65.4 Å². The van der Waals surface area contributed by atoms with Crippen LogP contribution in [0.5, 0.6) is 0 Å². The van der Waals surface area contributed by atoms with Crippen LogP contribution in [-0.2, 0) is 6.54 Å². The Balaban J connectivity index is 1.70. The van der Waals surface area contributed by atoms with Gasteiger partial charge in [-0.15, -0.1) is 0 Å². The van der Waals surface area contributed by atoms with Gasteiger partial charge in [-0.2, -0.15) is 5.10 Å². The Morgan fingerprint density at radius 2 is 2.00 bits per heavy atom. The Kier molecular flexibility index (Phi) is 3.21. The van der Waals surface area contributed by atoms with E-state index in [9.17, 15) is 4.79 Å². The van der Waals surface area contributed by atoms with Crippen LogP contribution in [0.2, 0.25) is 0 Å². The van der Waals surface area contributed by atoms with Gasteiger partial charge in [-0.1, -0.05) is 35.9 Å². The van der Waals surface area contributed by atoms with Gasteiger partial charge in [0.1, 0.15) is 0 Å². The third-order valence-corrected chi connectivity index (χ3v) is 3.28.